The molecule has 0 saturated heterocycles. The number of carbonyl (C=O) groups is 1. The van der Waals surface area contributed by atoms with Gasteiger partial charge in [0.25, 0.3) is 5.91 Å². The van der Waals surface area contributed by atoms with Gasteiger partial charge in [-0.1, -0.05) is 35.5 Å². The Labute approximate surface area is 126 Å². The number of aromatic amines is 1. The fraction of sp³-hybridized carbons (Fsp3) is 0.200. The zero-order valence-corrected chi connectivity index (χ0v) is 12.3. The highest BCUT2D eigenvalue weighted by Crippen LogP contribution is 2.19. The molecule has 0 unspecified atom stereocenters. The molecule has 2 aromatic heterocycles. The van der Waals surface area contributed by atoms with Gasteiger partial charge in [0.05, 0.1) is 5.69 Å². The zero-order valence-electron chi connectivity index (χ0n) is 12.3. The van der Waals surface area contributed by atoms with Crippen LogP contribution in [0.2, 0.25) is 0 Å². The SMILES string of the molecule is Cc1noc(C)c1CNC(=O)c1n[nH]nc1-c1ccccc1. The molecule has 2 N–H and O–H groups in total. The van der Waals surface area contributed by atoms with Gasteiger partial charge < -0.3 is 9.84 Å². The van der Waals surface area contributed by atoms with Gasteiger partial charge in [-0.25, -0.2) is 0 Å². The topological polar surface area (TPSA) is 96.7 Å². The average molecular weight is 297 g/mol. The molecule has 0 radical (unpaired) electrons. The molecule has 2 heterocycles. The van der Waals surface area contributed by atoms with Gasteiger partial charge in [0.15, 0.2) is 5.69 Å². The quantitative estimate of drug-likeness (QED) is 0.767. The first-order chi connectivity index (χ1) is 10.7. The van der Waals surface area contributed by atoms with Crippen molar-refractivity contribution in [2.75, 3.05) is 0 Å². The van der Waals surface area contributed by atoms with Crippen LogP contribution in [0.1, 0.15) is 27.5 Å². The summed E-state index contributed by atoms with van der Waals surface area (Å²) in [5, 5.41) is 17.2. The second kappa shape index (κ2) is 5.80. The molecule has 1 amide bonds. The molecule has 0 saturated carbocycles. The van der Waals surface area contributed by atoms with E-state index in [9.17, 15) is 4.79 Å². The lowest BCUT2D eigenvalue weighted by molar-refractivity contribution is 0.0946. The molecular weight excluding hydrogens is 282 g/mol. The number of hydrogen-bond donors (Lipinski definition) is 2. The molecule has 0 fully saturated rings. The van der Waals surface area contributed by atoms with Crippen LogP contribution >= 0.6 is 0 Å². The van der Waals surface area contributed by atoms with E-state index >= 15 is 0 Å². The number of H-pyrrole nitrogens is 1. The molecule has 1 aromatic carbocycles. The van der Waals surface area contributed by atoms with E-state index in [4.69, 9.17) is 4.52 Å². The van der Waals surface area contributed by atoms with Gasteiger partial charge in [-0.15, -0.1) is 0 Å². The van der Waals surface area contributed by atoms with Crippen LogP contribution in [0.15, 0.2) is 34.9 Å². The number of amides is 1. The van der Waals surface area contributed by atoms with Crippen molar-refractivity contribution < 1.29 is 9.32 Å². The molecule has 3 aromatic rings. The molecule has 0 aliphatic carbocycles. The third kappa shape index (κ3) is 2.60. The van der Waals surface area contributed by atoms with Gasteiger partial charge in [0.1, 0.15) is 11.5 Å². The predicted molar refractivity (Wildman–Crippen MR) is 79.0 cm³/mol. The standard InChI is InChI=1S/C15H15N5O2/c1-9-12(10(2)22-19-9)8-16-15(21)14-13(17-20-18-14)11-6-4-3-5-7-11/h3-7H,8H2,1-2H3,(H,16,21)(H,17,18,20). The minimum absolute atomic E-state index is 0.262. The largest absolute Gasteiger partial charge is 0.361 e. The van der Waals surface area contributed by atoms with E-state index < -0.39 is 0 Å². The minimum atomic E-state index is -0.299. The highest BCUT2D eigenvalue weighted by atomic mass is 16.5. The number of hydrogen-bond acceptors (Lipinski definition) is 5. The fourth-order valence-electron chi connectivity index (χ4n) is 2.19. The number of benzene rings is 1. The second-order valence-corrected chi connectivity index (χ2v) is 4.87. The molecule has 7 heteroatoms. The van der Waals surface area contributed by atoms with Crippen molar-refractivity contribution in [1.29, 1.82) is 0 Å². The van der Waals surface area contributed by atoms with Gasteiger partial charge in [-0.3, -0.25) is 4.79 Å². The van der Waals surface area contributed by atoms with Gasteiger partial charge in [-0.2, -0.15) is 15.4 Å². The minimum Gasteiger partial charge on any atom is -0.361 e. The smallest absolute Gasteiger partial charge is 0.274 e. The van der Waals surface area contributed by atoms with E-state index in [0.29, 0.717) is 18.0 Å². The number of nitrogens with one attached hydrogen (secondary N) is 2. The van der Waals surface area contributed by atoms with Crippen LogP contribution in [0.25, 0.3) is 11.3 Å². The van der Waals surface area contributed by atoms with Crippen LogP contribution in [-0.4, -0.2) is 26.5 Å². The summed E-state index contributed by atoms with van der Waals surface area (Å²) >= 11 is 0. The van der Waals surface area contributed by atoms with Gasteiger partial charge in [0, 0.05) is 17.7 Å². The Kier molecular flexibility index (Phi) is 3.69. The Morgan fingerprint density at radius 1 is 1.23 bits per heavy atom. The van der Waals surface area contributed by atoms with Gasteiger partial charge in [-0.05, 0) is 13.8 Å². The molecule has 112 valence electrons. The summed E-state index contributed by atoms with van der Waals surface area (Å²) in [5.41, 5.74) is 3.26. The van der Waals surface area contributed by atoms with Crippen molar-refractivity contribution in [3.05, 3.63) is 53.0 Å². The van der Waals surface area contributed by atoms with Crippen molar-refractivity contribution in [3.63, 3.8) is 0 Å². The van der Waals surface area contributed by atoms with Crippen molar-refractivity contribution >= 4 is 5.91 Å². The van der Waals surface area contributed by atoms with Crippen molar-refractivity contribution in [2.24, 2.45) is 0 Å². The second-order valence-electron chi connectivity index (χ2n) is 4.87. The molecule has 7 nitrogen and oxygen atoms in total. The lowest BCUT2D eigenvalue weighted by Gasteiger charge is -2.04. The number of aromatic nitrogens is 4. The van der Waals surface area contributed by atoms with E-state index in [1.54, 1.807) is 0 Å². The van der Waals surface area contributed by atoms with E-state index in [2.05, 4.69) is 25.9 Å². The Balaban J connectivity index is 1.78. The average Bonchev–Trinajstić information content (AvgIpc) is 3.14. The van der Waals surface area contributed by atoms with Crippen molar-refractivity contribution in [3.8, 4) is 11.3 Å². The monoisotopic (exact) mass is 297 g/mol. The zero-order chi connectivity index (χ0) is 15.5. The lowest BCUT2D eigenvalue weighted by Crippen LogP contribution is -2.24. The lowest BCUT2D eigenvalue weighted by atomic mass is 10.1. The van der Waals surface area contributed by atoms with E-state index in [0.717, 1.165) is 16.8 Å². The van der Waals surface area contributed by atoms with Crippen LogP contribution in [0.3, 0.4) is 0 Å². The Morgan fingerprint density at radius 2 is 2.00 bits per heavy atom. The maximum Gasteiger partial charge on any atom is 0.274 e. The molecule has 22 heavy (non-hydrogen) atoms. The Hall–Kier alpha value is -2.96. The molecule has 3 rings (SSSR count). The van der Waals surface area contributed by atoms with Crippen LogP contribution in [-0.2, 0) is 6.54 Å². The number of nitrogens with zero attached hydrogens (tertiary/aromatic N) is 3. The molecular formula is C15H15N5O2. The normalized spacial score (nSPS) is 10.6. The summed E-state index contributed by atoms with van der Waals surface area (Å²) in [7, 11) is 0. The first kappa shape index (κ1) is 14.0. The van der Waals surface area contributed by atoms with Gasteiger partial charge >= 0.3 is 0 Å². The molecule has 0 spiro atoms. The Bertz CT molecular complexity index is 772. The third-order valence-corrected chi connectivity index (χ3v) is 3.42. The molecule has 0 aliphatic rings. The highest BCUT2D eigenvalue weighted by molar-refractivity contribution is 5.97. The fourth-order valence-corrected chi connectivity index (χ4v) is 2.19. The van der Waals surface area contributed by atoms with Crippen LogP contribution < -0.4 is 5.32 Å². The first-order valence-corrected chi connectivity index (χ1v) is 6.83. The Morgan fingerprint density at radius 3 is 2.68 bits per heavy atom. The summed E-state index contributed by atoms with van der Waals surface area (Å²) in [6, 6.07) is 9.43. The van der Waals surface area contributed by atoms with E-state index in [1.807, 2.05) is 44.2 Å². The molecule has 0 atom stereocenters. The van der Waals surface area contributed by atoms with Crippen molar-refractivity contribution in [2.45, 2.75) is 20.4 Å². The summed E-state index contributed by atoms with van der Waals surface area (Å²) in [6.45, 7) is 3.98. The molecule has 0 bridgehead atoms. The van der Waals surface area contributed by atoms with Crippen LogP contribution in [0.4, 0.5) is 0 Å². The van der Waals surface area contributed by atoms with E-state index in [-0.39, 0.29) is 11.6 Å². The van der Waals surface area contributed by atoms with E-state index in [1.165, 1.54) is 0 Å². The summed E-state index contributed by atoms with van der Waals surface area (Å²) in [5.74, 6) is 0.397. The maximum atomic E-state index is 12.3. The van der Waals surface area contributed by atoms with Crippen LogP contribution in [0, 0.1) is 13.8 Å². The van der Waals surface area contributed by atoms with Gasteiger partial charge in [0.2, 0.25) is 0 Å². The maximum absolute atomic E-state index is 12.3. The molecule has 0 aliphatic heterocycles. The van der Waals surface area contributed by atoms with Crippen LogP contribution in [0.5, 0.6) is 0 Å². The summed E-state index contributed by atoms with van der Waals surface area (Å²) < 4.78 is 5.08. The summed E-state index contributed by atoms with van der Waals surface area (Å²) in [4.78, 5) is 12.3. The third-order valence-electron chi connectivity index (χ3n) is 3.42. The highest BCUT2D eigenvalue weighted by Gasteiger charge is 2.18. The number of aryl methyl sites for hydroxylation is 2. The first-order valence-electron chi connectivity index (χ1n) is 6.83. The number of carbonyl (C=O) groups excluding carboxylic acids is 1. The predicted octanol–water partition coefficient (Wildman–Crippen LogP) is 2.01. The van der Waals surface area contributed by atoms with Crippen molar-refractivity contribution in [1.82, 2.24) is 25.9 Å². The number of rotatable bonds is 4. The summed E-state index contributed by atoms with van der Waals surface area (Å²) in [6.07, 6.45) is 0.